The molecule has 0 saturated carbocycles. The molecule has 0 rings (SSSR count). The molecule has 6 nitrogen and oxygen atoms in total. The Hall–Kier alpha value is 0.280. The van der Waals surface area contributed by atoms with E-state index in [0.717, 1.165) is 77.0 Å². The fourth-order valence-electron chi connectivity index (χ4n) is 3.17. The quantitative estimate of drug-likeness (QED) is 0.190. The van der Waals surface area contributed by atoms with Crippen molar-refractivity contribution < 1.29 is 81.1 Å². The first-order valence-electron chi connectivity index (χ1n) is 12.6. The molecule has 0 aliphatic rings. The van der Waals surface area contributed by atoms with E-state index < -0.39 is 0 Å². The van der Waals surface area contributed by atoms with Crippen molar-refractivity contribution in [3.05, 3.63) is 0 Å². The molecule has 0 amide bonds. The van der Waals surface area contributed by atoms with Crippen molar-refractivity contribution in [3.63, 3.8) is 0 Å². The summed E-state index contributed by atoms with van der Waals surface area (Å²) in [5.41, 5.74) is 0. The Morgan fingerprint density at radius 3 is 0.848 bits per heavy atom. The zero-order chi connectivity index (χ0) is 26.1. The molecule has 0 aliphatic carbocycles. The first-order chi connectivity index (χ1) is 15.8. The van der Waals surface area contributed by atoms with Gasteiger partial charge in [-0.2, -0.15) is 0 Å². The van der Waals surface area contributed by atoms with E-state index in [1.165, 1.54) is 0 Å². The van der Waals surface area contributed by atoms with E-state index >= 15 is 0 Å². The average Bonchev–Trinajstić information content (AvgIpc) is 2.85. The Bertz CT molecular complexity index is 411. The topological polar surface area (TPSA) is 78.9 Å². The van der Waals surface area contributed by atoms with Crippen LogP contribution in [0.2, 0.25) is 0 Å². The van der Waals surface area contributed by atoms with Crippen molar-refractivity contribution in [1.29, 1.82) is 0 Å². The van der Waals surface area contributed by atoms with E-state index in [0.29, 0.717) is 56.0 Å². The molecule has 0 radical (unpaired) electrons. The predicted octanol–water partition coefficient (Wildman–Crippen LogP) is 6.62. The van der Waals surface area contributed by atoms with E-state index in [1.54, 1.807) is 0 Å². The fourth-order valence-corrected chi connectivity index (χ4v) is 4.65. The van der Waals surface area contributed by atoms with E-state index in [9.17, 15) is 14.4 Å². The van der Waals surface area contributed by atoms with Gasteiger partial charge in [0.25, 0.3) is 0 Å². The van der Waals surface area contributed by atoms with Crippen LogP contribution in [0.25, 0.3) is 0 Å². The summed E-state index contributed by atoms with van der Waals surface area (Å²) in [6.07, 6.45) is 12.6. The van der Waals surface area contributed by atoms with Crippen molar-refractivity contribution in [2.75, 3.05) is 0 Å². The van der Waals surface area contributed by atoms with Crippen molar-refractivity contribution >= 4 is 17.9 Å². The molecule has 0 spiro atoms. The summed E-state index contributed by atoms with van der Waals surface area (Å²) in [7, 11) is 0. The first kappa shape index (κ1) is 37.8. The number of unbranched alkanes of at least 4 members (excludes halogenated alkanes) is 3. The van der Waals surface area contributed by atoms with Gasteiger partial charge >= 0.3 is 235 Å². The molecule has 0 heterocycles. The van der Waals surface area contributed by atoms with Crippen LogP contribution in [0.4, 0.5) is 0 Å². The van der Waals surface area contributed by atoms with Gasteiger partial charge in [-0.05, 0) is 0 Å². The van der Waals surface area contributed by atoms with Crippen LogP contribution in [0.5, 0.6) is 0 Å². The third kappa shape index (κ3) is 22.5. The number of rotatable bonds is 15. The van der Waals surface area contributed by atoms with Crippen LogP contribution in [-0.2, 0) is 81.1 Å². The van der Waals surface area contributed by atoms with E-state index in [1.807, 2.05) is 20.8 Å². The van der Waals surface area contributed by atoms with Crippen LogP contribution in [0.1, 0.15) is 119 Å². The van der Waals surface area contributed by atoms with E-state index in [-0.39, 0.29) is 35.7 Å². The van der Waals surface area contributed by atoms with Gasteiger partial charge in [0, 0.05) is 0 Å². The monoisotopic (exact) mass is 621 g/mol. The molecule has 33 heavy (non-hydrogen) atoms. The second kappa shape index (κ2) is 28.5. The number of hydrogen-bond donors (Lipinski definition) is 0. The molecule has 3 atom stereocenters. The Morgan fingerprint density at radius 1 is 0.515 bits per heavy atom. The summed E-state index contributed by atoms with van der Waals surface area (Å²) < 4.78 is 14.4. The molecule has 0 saturated heterocycles. The summed E-state index contributed by atoms with van der Waals surface area (Å²) in [5.74, 6) is 0.471. The zero-order valence-electron chi connectivity index (χ0n) is 22.3. The summed E-state index contributed by atoms with van der Waals surface area (Å²) in [6.45, 7) is 12.5. The predicted molar refractivity (Wildman–Crippen MR) is 118 cm³/mol. The van der Waals surface area contributed by atoms with Crippen LogP contribution in [0.3, 0.4) is 0 Å². The maximum absolute atomic E-state index is 11.1. The van der Waals surface area contributed by atoms with Crippen LogP contribution in [0, 0.1) is 17.8 Å². The van der Waals surface area contributed by atoms with Gasteiger partial charge in [-0.25, -0.2) is 0 Å². The van der Waals surface area contributed by atoms with Gasteiger partial charge in [-0.3, -0.25) is 0 Å². The molecular weight excluding hydrogens is 580 g/mol. The first-order valence-corrected chi connectivity index (χ1v) is 16.3. The maximum atomic E-state index is 11.1. The standard InChI is InChI=1S/3C8H16O2.3Zn/c3*1-3-5-6-7(4-2)8(9)10;;;/h3*7H,3-6H2,1-2H3,(H,9,10);;;/q;;;3*+1/p-3. The SMILES string of the molecule is CCCCC(CC)C(=O)[O][Zn].CCCCC(CC)C(=O)[O][Zn].CCCCC(CC)C(=O)[O][Zn]. The van der Waals surface area contributed by atoms with Gasteiger partial charge in [0.05, 0.1) is 0 Å². The van der Waals surface area contributed by atoms with Crippen LogP contribution in [0.15, 0.2) is 0 Å². The Morgan fingerprint density at radius 2 is 0.727 bits per heavy atom. The van der Waals surface area contributed by atoms with Crippen LogP contribution >= 0.6 is 0 Å². The minimum absolute atomic E-state index is 0.000880. The summed E-state index contributed by atoms with van der Waals surface area (Å²) >= 11 is 1.88. The van der Waals surface area contributed by atoms with E-state index in [2.05, 4.69) is 20.8 Å². The zero-order valence-corrected chi connectivity index (χ0v) is 31.2. The molecule has 0 fully saturated rings. The molecule has 0 aromatic carbocycles. The third-order valence-corrected chi connectivity index (χ3v) is 7.41. The molecular formula is C24H45O6Zn3. The Kier molecular flexibility index (Phi) is 32.7. The molecule has 0 aromatic heterocycles. The summed E-state index contributed by atoms with van der Waals surface area (Å²) in [5, 5.41) is 0. The molecule has 0 N–H and O–H groups in total. The summed E-state index contributed by atoms with van der Waals surface area (Å²) in [4.78, 5) is 33.2. The number of carbonyl (C=O) groups excluding carboxylic acids is 3. The fraction of sp³-hybridized carbons (Fsp3) is 0.875. The van der Waals surface area contributed by atoms with Gasteiger partial charge in [0.1, 0.15) is 0 Å². The van der Waals surface area contributed by atoms with E-state index in [4.69, 9.17) is 10.7 Å². The van der Waals surface area contributed by atoms with Gasteiger partial charge in [-0.15, -0.1) is 0 Å². The molecule has 0 bridgehead atoms. The Labute approximate surface area is 234 Å². The number of hydrogen-bond acceptors (Lipinski definition) is 6. The van der Waals surface area contributed by atoms with Gasteiger partial charge < -0.3 is 0 Å². The van der Waals surface area contributed by atoms with Crippen LogP contribution < -0.4 is 0 Å². The van der Waals surface area contributed by atoms with Gasteiger partial charge in [-0.1, -0.05) is 0 Å². The normalized spacial score (nSPS) is 12.7. The molecule has 0 aromatic rings. The van der Waals surface area contributed by atoms with Crippen molar-refractivity contribution in [2.45, 2.75) is 119 Å². The molecule has 183 valence electrons. The minimum atomic E-state index is 0.000880. The molecule has 0 aliphatic heterocycles. The third-order valence-electron chi connectivity index (χ3n) is 5.62. The van der Waals surface area contributed by atoms with Crippen molar-refractivity contribution in [3.8, 4) is 0 Å². The number of carbonyl (C=O) groups is 3. The van der Waals surface area contributed by atoms with Crippen LogP contribution in [-0.4, -0.2) is 17.9 Å². The Balaban J connectivity index is -0.000000409. The second-order valence-corrected chi connectivity index (χ2v) is 9.95. The molecule has 3 unspecified atom stereocenters. The van der Waals surface area contributed by atoms with Gasteiger partial charge in [0.15, 0.2) is 0 Å². The average molecular weight is 626 g/mol. The second-order valence-electron chi connectivity index (χ2n) is 8.13. The summed E-state index contributed by atoms with van der Waals surface area (Å²) in [6, 6.07) is 0. The van der Waals surface area contributed by atoms with Crippen molar-refractivity contribution in [2.24, 2.45) is 17.8 Å². The van der Waals surface area contributed by atoms with Gasteiger partial charge in [0.2, 0.25) is 0 Å². The molecule has 9 heteroatoms. The van der Waals surface area contributed by atoms with Crippen molar-refractivity contribution in [1.82, 2.24) is 0 Å².